The smallest absolute Gasteiger partial charge is 0.128 e. The summed E-state index contributed by atoms with van der Waals surface area (Å²) in [6.07, 6.45) is 3.54. The average molecular weight is 193 g/mol. The van der Waals surface area contributed by atoms with E-state index in [4.69, 9.17) is 5.73 Å². The first kappa shape index (κ1) is 9.66. The summed E-state index contributed by atoms with van der Waals surface area (Å²) in [5, 5.41) is 0. The number of nitrogens with two attached hydrogens (primary N) is 1. The van der Waals surface area contributed by atoms with Crippen LogP contribution in [0, 0.1) is 18.7 Å². The number of hydrogen-bond donors (Lipinski definition) is 1. The number of aryl methyl sites for hydroxylation is 1. The summed E-state index contributed by atoms with van der Waals surface area (Å²) in [4.78, 5) is 0. The Kier molecular flexibility index (Phi) is 2.55. The number of halogens is 1. The Balaban J connectivity index is 2.22. The predicted molar refractivity (Wildman–Crippen MR) is 55.4 cm³/mol. The third kappa shape index (κ3) is 1.67. The summed E-state index contributed by atoms with van der Waals surface area (Å²) in [7, 11) is 0. The molecule has 0 aliphatic heterocycles. The van der Waals surface area contributed by atoms with Gasteiger partial charge in [0.25, 0.3) is 0 Å². The van der Waals surface area contributed by atoms with Gasteiger partial charge in [-0.25, -0.2) is 4.39 Å². The van der Waals surface area contributed by atoms with Gasteiger partial charge in [0.05, 0.1) is 0 Å². The van der Waals surface area contributed by atoms with E-state index in [1.54, 1.807) is 6.07 Å². The number of rotatable bonds is 2. The Morgan fingerprint density at radius 3 is 2.64 bits per heavy atom. The largest absolute Gasteiger partial charge is 0.324 e. The molecule has 1 fully saturated rings. The highest BCUT2D eigenvalue weighted by Gasteiger charge is 2.27. The molecule has 1 aromatic rings. The van der Waals surface area contributed by atoms with Crippen molar-refractivity contribution in [1.29, 1.82) is 0 Å². The Hall–Kier alpha value is -0.890. The highest BCUT2D eigenvalue weighted by molar-refractivity contribution is 5.26. The van der Waals surface area contributed by atoms with Gasteiger partial charge in [-0.05, 0) is 37.3 Å². The molecule has 1 aliphatic rings. The molecule has 1 unspecified atom stereocenters. The zero-order chi connectivity index (χ0) is 10.1. The minimum atomic E-state index is -0.149. The van der Waals surface area contributed by atoms with Crippen molar-refractivity contribution < 1.29 is 4.39 Å². The topological polar surface area (TPSA) is 26.0 Å². The van der Waals surface area contributed by atoms with Gasteiger partial charge in [0.1, 0.15) is 5.82 Å². The lowest BCUT2D eigenvalue weighted by Gasteiger charge is -2.31. The second kappa shape index (κ2) is 3.70. The van der Waals surface area contributed by atoms with Crippen molar-refractivity contribution in [2.24, 2.45) is 11.7 Å². The summed E-state index contributed by atoms with van der Waals surface area (Å²) >= 11 is 0. The third-order valence-electron chi connectivity index (χ3n) is 3.17. The van der Waals surface area contributed by atoms with Gasteiger partial charge < -0.3 is 5.73 Å². The molecule has 1 aromatic carbocycles. The van der Waals surface area contributed by atoms with Gasteiger partial charge in [0.2, 0.25) is 0 Å². The Morgan fingerprint density at radius 2 is 2.14 bits per heavy atom. The first-order valence-electron chi connectivity index (χ1n) is 5.20. The van der Waals surface area contributed by atoms with Crippen LogP contribution in [0.3, 0.4) is 0 Å². The molecule has 0 aromatic heterocycles. The maximum absolute atomic E-state index is 13.5. The van der Waals surface area contributed by atoms with Crippen molar-refractivity contribution >= 4 is 0 Å². The Labute approximate surface area is 84.1 Å². The van der Waals surface area contributed by atoms with E-state index in [2.05, 4.69) is 0 Å². The van der Waals surface area contributed by atoms with Gasteiger partial charge in [0.15, 0.2) is 0 Å². The molecule has 1 aliphatic carbocycles. The molecule has 2 rings (SSSR count). The molecule has 2 N–H and O–H groups in total. The lowest BCUT2D eigenvalue weighted by molar-refractivity contribution is 0.260. The Morgan fingerprint density at radius 1 is 1.43 bits per heavy atom. The number of hydrogen-bond acceptors (Lipinski definition) is 1. The van der Waals surface area contributed by atoms with Gasteiger partial charge >= 0.3 is 0 Å². The molecule has 1 nitrogen and oxygen atoms in total. The van der Waals surface area contributed by atoms with Crippen molar-refractivity contribution in [3.8, 4) is 0 Å². The molecule has 0 amide bonds. The summed E-state index contributed by atoms with van der Waals surface area (Å²) in [6, 6.07) is 5.21. The van der Waals surface area contributed by atoms with Crippen LogP contribution in [-0.2, 0) is 0 Å². The van der Waals surface area contributed by atoms with Gasteiger partial charge in [-0.1, -0.05) is 18.6 Å². The van der Waals surface area contributed by atoms with E-state index in [1.165, 1.54) is 6.42 Å². The summed E-state index contributed by atoms with van der Waals surface area (Å²) in [5.74, 6) is 0.344. The van der Waals surface area contributed by atoms with Crippen molar-refractivity contribution in [1.82, 2.24) is 0 Å². The van der Waals surface area contributed by atoms with Crippen LogP contribution in [0.5, 0.6) is 0 Å². The molecule has 0 radical (unpaired) electrons. The second-order valence-corrected chi connectivity index (χ2v) is 4.24. The van der Waals surface area contributed by atoms with Crippen molar-refractivity contribution in [2.45, 2.75) is 32.2 Å². The molecule has 0 heterocycles. The van der Waals surface area contributed by atoms with E-state index in [-0.39, 0.29) is 11.9 Å². The van der Waals surface area contributed by atoms with E-state index < -0.39 is 0 Å². The molecule has 0 spiro atoms. The molecule has 0 saturated heterocycles. The SMILES string of the molecule is Cc1ccc(C(N)C2CCC2)c(F)c1. The van der Waals surface area contributed by atoms with Crippen molar-refractivity contribution in [3.63, 3.8) is 0 Å². The highest BCUT2D eigenvalue weighted by Crippen LogP contribution is 2.36. The van der Waals surface area contributed by atoms with Crippen molar-refractivity contribution in [2.75, 3.05) is 0 Å². The van der Waals surface area contributed by atoms with Crippen LogP contribution in [0.1, 0.15) is 36.4 Å². The zero-order valence-corrected chi connectivity index (χ0v) is 8.46. The van der Waals surface area contributed by atoms with E-state index in [1.807, 2.05) is 19.1 Å². The first-order chi connectivity index (χ1) is 6.68. The van der Waals surface area contributed by atoms with Crippen LogP contribution in [0.25, 0.3) is 0 Å². The maximum atomic E-state index is 13.5. The van der Waals surface area contributed by atoms with Gasteiger partial charge in [-0.2, -0.15) is 0 Å². The lowest BCUT2D eigenvalue weighted by atomic mass is 9.77. The van der Waals surface area contributed by atoms with Crippen LogP contribution in [0.2, 0.25) is 0 Å². The summed E-state index contributed by atoms with van der Waals surface area (Å²) in [5.41, 5.74) is 7.64. The van der Waals surface area contributed by atoms with Gasteiger partial charge in [0, 0.05) is 11.6 Å². The van der Waals surface area contributed by atoms with E-state index in [0.717, 1.165) is 18.4 Å². The molecule has 2 heteroatoms. The standard InChI is InChI=1S/C12H16FN/c1-8-5-6-10(11(13)7-8)12(14)9-3-2-4-9/h5-7,9,12H,2-4,14H2,1H3. The molecule has 76 valence electrons. The molecular weight excluding hydrogens is 177 g/mol. The summed E-state index contributed by atoms with van der Waals surface area (Å²) < 4.78 is 13.5. The first-order valence-corrected chi connectivity index (χ1v) is 5.20. The van der Waals surface area contributed by atoms with Crippen LogP contribution in [0.4, 0.5) is 4.39 Å². The molecule has 1 atom stereocenters. The van der Waals surface area contributed by atoms with Crippen LogP contribution >= 0.6 is 0 Å². The molecule has 1 saturated carbocycles. The van der Waals surface area contributed by atoms with E-state index in [0.29, 0.717) is 11.5 Å². The fourth-order valence-corrected chi connectivity index (χ4v) is 1.96. The minimum absolute atomic E-state index is 0.107. The maximum Gasteiger partial charge on any atom is 0.128 e. The van der Waals surface area contributed by atoms with Crippen LogP contribution in [-0.4, -0.2) is 0 Å². The molecule has 0 bridgehead atoms. The second-order valence-electron chi connectivity index (χ2n) is 4.24. The van der Waals surface area contributed by atoms with Crippen LogP contribution in [0.15, 0.2) is 18.2 Å². The van der Waals surface area contributed by atoms with Gasteiger partial charge in [-0.15, -0.1) is 0 Å². The van der Waals surface area contributed by atoms with Gasteiger partial charge in [-0.3, -0.25) is 0 Å². The van der Waals surface area contributed by atoms with E-state index >= 15 is 0 Å². The predicted octanol–water partition coefficient (Wildman–Crippen LogP) is 2.93. The summed E-state index contributed by atoms with van der Waals surface area (Å²) in [6.45, 7) is 1.89. The monoisotopic (exact) mass is 193 g/mol. The number of benzene rings is 1. The fourth-order valence-electron chi connectivity index (χ4n) is 1.96. The van der Waals surface area contributed by atoms with Crippen LogP contribution < -0.4 is 5.73 Å². The zero-order valence-electron chi connectivity index (χ0n) is 8.46. The van der Waals surface area contributed by atoms with E-state index in [9.17, 15) is 4.39 Å². The third-order valence-corrected chi connectivity index (χ3v) is 3.17. The average Bonchev–Trinajstić information content (AvgIpc) is 2.00. The normalized spacial score (nSPS) is 19.1. The lowest BCUT2D eigenvalue weighted by Crippen LogP contribution is -2.27. The highest BCUT2D eigenvalue weighted by atomic mass is 19.1. The minimum Gasteiger partial charge on any atom is -0.324 e. The van der Waals surface area contributed by atoms with Crippen molar-refractivity contribution in [3.05, 3.63) is 35.1 Å². The molecule has 14 heavy (non-hydrogen) atoms. The Bertz CT molecular complexity index is 331. The molecular formula is C12H16FN. The fraction of sp³-hybridized carbons (Fsp3) is 0.500. The quantitative estimate of drug-likeness (QED) is 0.767.